The lowest BCUT2D eigenvalue weighted by Gasteiger charge is -2.29. The molecule has 19 heavy (non-hydrogen) atoms. The molecular formula is C12H18N2O4S. The van der Waals surface area contributed by atoms with E-state index in [4.69, 9.17) is 21.7 Å². The first-order chi connectivity index (χ1) is 8.93. The smallest absolute Gasteiger partial charge is 0.254 e. The molecule has 1 aliphatic heterocycles. The van der Waals surface area contributed by atoms with Gasteiger partial charge in [-0.25, -0.2) is 0 Å². The fraction of sp³-hybridized carbons (Fsp3) is 0.667. The van der Waals surface area contributed by atoms with Crippen molar-refractivity contribution >= 4 is 12.2 Å². The van der Waals surface area contributed by atoms with Gasteiger partial charge in [-0.2, -0.15) is 0 Å². The highest BCUT2D eigenvalue weighted by atomic mass is 32.1. The van der Waals surface area contributed by atoms with E-state index < -0.39 is 18.1 Å². The molecule has 1 unspecified atom stereocenters. The van der Waals surface area contributed by atoms with Gasteiger partial charge in [-0.05, 0) is 19.1 Å². The van der Waals surface area contributed by atoms with Crippen LogP contribution in [0.2, 0.25) is 0 Å². The first-order valence-electron chi connectivity index (χ1n) is 6.16. The van der Waals surface area contributed by atoms with Gasteiger partial charge in [0.25, 0.3) is 5.56 Å². The fourth-order valence-corrected chi connectivity index (χ4v) is 2.61. The first kappa shape index (κ1) is 14.4. The highest BCUT2D eigenvalue weighted by molar-refractivity contribution is 7.71. The summed E-state index contributed by atoms with van der Waals surface area (Å²) in [7, 11) is 1.51. The Morgan fingerprint density at radius 2 is 2.42 bits per heavy atom. The number of aryl methyl sites for hydroxylation is 1. The summed E-state index contributed by atoms with van der Waals surface area (Å²) in [6.45, 7) is 3.57. The lowest BCUT2D eigenvalue weighted by atomic mass is 10.1. The Hall–Kier alpha value is -1.02. The van der Waals surface area contributed by atoms with Crippen molar-refractivity contribution in [2.45, 2.75) is 44.8 Å². The molecule has 0 spiro atoms. The van der Waals surface area contributed by atoms with Gasteiger partial charge in [0.1, 0.15) is 12.3 Å². The van der Waals surface area contributed by atoms with E-state index in [0.29, 0.717) is 18.4 Å². The number of hydrogen-bond acceptors (Lipinski definition) is 5. The molecule has 2 N–H and O–H groups in total. The molecule has 0 radical (unpaired) electrons. The summed E-state index contributed by atoms with van der Waals surface area (Å²) in [5.41, 5.74) is 0.325. The minimum atomic E-state index is -1.01. The maximum absolute atomic E-state index is 11.5. The van der Waals surface area contributed by atoms with Crippen LogP contribution < -0.4 is 5.56 Å². The number of ether oxygens (including phenoxy) is 2. The molecule has 3 atom stereocenters. The minimum absolute atomic E-state index is 0.215. The van der Waals surface area contributed by atoms with Crippen molar-refractivity contribution in [3.63, 3.8) is 0 Å². The second kappa shape index (κ2) is 5.16. The fourth-order valence-electron chi connectivity index (χ4n) is 2.35. The molecule has 2 rings (SSSR count). The van der Waals surface area contributed by atoms with Crippen LogP contribution >= 0.6 is 12.2 Å². The molecule has 2 heterocycles. The summed E-state index contributed by atoms with van der Waals surface area (Å²) >= 11 is 5.13. The molecule has 0 aromatic carbocycles. The Morgan fingerprint density at radius 1 is 1.74 bits per heavy atom. The topological polar surface area (TPSA) is 76.5 Å². The van der Waals surface area contributed by atoms with Crippen LogP contribution in [0.3, 0.4) is 0 Å². The zero-order valence-corrected chi connectivity index (χ0v) is 12.0. The first-order valence-corrected chi connectivity index (χ1v) is 6.57. The summed E-state index contributed by atoms with van der Waals surface area (Å²) in [4.78, 5) is 14.0. The van der Waals surface area contributed by atoms with E-state index >= 15 is 0 Å². The molecule has 1 fully saturated rings. The summed E-state index contributed by atoms with van der Waals surface area (Å²) in [6, 6.07) is 0. The summed E-state index contributed by atoms with van der Waals surface area (Å²) in [6.07, 6.45) is 1.35. The molecule has 106 valence electrons. The van der Waals surface area contributed by atoms with Crippen LogP contribution in [0.25, 0.3) is 0 Å². The number of hydrogen-bond donors (Lipinski definition) is 2. The van der Waals surface area contributed by atoms with E-state index in [1.807, 2.05) is 6.92 Å². The van der Waals surface area contributed by atoms with Gasteiger partial charge < -0.3 is 14.6 Å². The largest absolute Gasteiger partial charge is 0.387 e. The molecule has 0 amide bonds. The van der Waals surface area contributed by atoms with E-state index in [0.717, 1.165) is 0 Å². The Kier molecular flexibility index (Phi) is 3.91. The van der Waals surface area contributed by atoms with Crippen molar-refractivity contribution in [3.8, 4) is 0 Å². The Morgan fingerprint density at radius 3 is 2.95 bits per heavy atom. The summed E-state index contributed by atoms with van der Waals surface area (Å²) in [5.74, 6) is -1.01. The van der Waals surface area contributed by atoms with Crippen LogP contribution in [0.15, 0.2) is 11.0 Å². The third-order valence-corrected chi connectivity index (χ3v) is 3.88. The number of nitrogens with zero attached hydrogens (tertiary/aromatic N) is 1. The molecule has 0 aliphatic carbocycles. The van der Waals surface area contributed by atoms with Crippen LogP contribution in [0.1, 0.15) is 31.6 Å². The SMILES string of the molecule is CC[C@@]1(OC)O[C@@H](n2cc(C)c(=O)[nH]c2=S)CC1O. The van der Waals surface area contributed by atoms with Crippen LogP contribution in [0, 0.1) is 11.7 Å². The molecule has 0 bridgehead atoms. The zero-order valence-electron chi connectivity index (χ0n) is 11.2. The zero-order chi connectivity index (χ0) is 14.2. The van der Waals surface area contributed by atoms with E-state index in [1.165, 1.54) is 7.11 Å². The lowest BCUT2D eigenvalue weighted by Crippen LogP contribution is -2.40. The van der Waals surface area contributed by atoms with Crippen LogP contribution in [-0.4, -0.2) is 33.7 Å². The highest BCUT2D eigenvalue weighted by Gasteiger charge is 2.48. The van der Waals surface area contributed by atoms with E-state index in [1.54, 1.807) is 17.7 Å². The van der Waals surface area contributed by atoms with Crippen molar-refractivity contribution < 1.29 is 14.6 Å². The quantitative estimate of drug-likeness (QED) is 0.818. The number of H-pyrrole nitrogens is 1. The molecular weight excluding hydrogens is 268 g/mol. The maximum atomic E-state index is 11.5. The normalized spacial score (nSPS) is 30.7. The monoisotopic (exact) mass is 286 g/mol. The minimum Gasteiger partial charge on any atom is -0.387 e. The van der Waals surface area contributed by atoms with Crippen LogP contribution in [0.4, 0.5) is 0 Å². The number of aliphatic hydroxyl groups excluding tert-OH is 1. The summed E-state index contributed by atoms with van der Waals surface area (Å²) in [5, 5.41) is 10.1. The predicted molar refractivity (Wildman–Crippen MR) is 71.4 cm³/mol. The average Bonchev–Trinajstić information content (AvgIpc) is 2.71. The number of aromatic nitrogens is 2. The van der Waals surface area contributed by atoms with Gasteiger partial charge in [-0.1, -0.05) is 6.92 Å². The Labute approximate surface area is 116 Å². The molecule has 1 aromatic heterocycles. The summed E-state index contributed by atoms with van der Waals surface area (Å²) < 4.78 is 13.1. The van der Waals surface area contributed by atoms with Crippen LogP contribution in [0.5, 0.6) is 0 Å². The maximum Gasteiger partial charge on any atom is 0.254 e. The number of aromatic amines is 1. The average molecular weight is 286 g/mol. The van der Waals surface area contributed by atoms with Gasteiger partial charge in [0.05, 0.1) is 0 Å². The second-order valence-corrected chi connectivity index (χ2v) is 5.06. The van der Waals surface area contributed by atoms with Crippen LogP contribution in [-0.2, 0) is 9.47 Å². The van der Waals surface area contributed by atoms with Gasteiger partial charge >= 0.3 is 0 Å². The molecule has 0 saturated carbocycles. The van der Waals surface area contributed by atoms with Crippen molar-refractivity contribution in [1.29, 1.82) is 0 Å². The molecule has 1 aliphatic rings. The Balaban J connectivity index is 2.38. The lowest BCUT2D eigenvalue weighted by molar-refractivity contribution is -0.255. The number of rotatable bonds is 3. The number of aliphatic hydroxyl groups is 1. The van der Waals surface area contributed by atoms with Crippen molar-refractivity contribution in [3.05, 3.63) is 26.9 Å². The molecule has 6 nitrogen and oxygen atoms in total. The van der Waals surface area contributed by atoms with Gasteiger partial charge in [-0.3, -0.25) is 14.3 Å². The van der Waals surface area contributed by atoms with Crippen molar-refractivity contribution in [1.82, 2.24) is 9.55 Å². The third-order valence-electron chi connectivity index (χ3n) is 3.56. The molecule has 7 heteroatoms. The number of nitrogens with one attached hydrogen (secondary N) is 1. The van der Waals surface area contributed by atoms with E-state index in [-0.39, 0.29) is 10.3 Å². The third kappa shape index (κ3) is 2.38. The van der Waals surface area contributed by atoms with Crippen molar-refractivity contribution in [2.75, 3.05) is 7.11 Å². The van der Waals surface area contributed by atoms with Gasteiger partial charge in [0.15, 0.2) is 10.6 Å². The van der Waals surface area contributed by atoms with E-state index in [9.17, 15) is 9.90 Å². The van der Waals surface area contributed by atoms with Crippen molar-refractivity contribution in [2.24, 2.45) is 0 Å². The number of methoxy groups -OCH3 is 1. The standard InChI is InChI=1S/C12H18N2O4S/c1-4-12(17-3)8(15)5-9(18-12)14-6-7(2)10(16)13-11(14)19/h6,8-9,15H,4-5H2,1-3H3,(H,13,16,19)/t8?,9-,12-/m1/s1. The predicted octanol–water partition coefficient (Wildman–Crippen LogP) is 1.25. The van der Waals surface area contributed by atoms with Gasteiger partial charge in [-0.15, -0.1) is 0 Å². The van der Waals surface area contributed by atoms with E-state index in [2.05, 4.69) is 4.98 Å². The highest BCUT2D eigenvalue weighted by Crippen LogP contribution is 2.39. The van der Waals surface area contributed by atoms with Gasteiger partial charge in [0, 0.05) is 31.7 Å². The second-order valence-electron chi connectivity index (χ2n) is 4.67. The Bertz CT molecular complexity index is 576. The van der Waals surface area contributed by atoms with Gasteiger partial charge in [0.2, 0.25) is 0 Å². The molecule has 1 saturated heterocycles. The molecule has 1 aromatic rings.